The second-order valence-corrected chi connectivity index (χ2v) is 6.81. The number of carbonyl (C=O) groups is 1. The van der Waals surface area contributed by atoms with Gasteiger partial charge in [-0.25, -0.2) is 0 Å². The first-order valence-corrected chi connectivity index (χ1v) is 9.68. The zero-order valence-electron chi connectivity index (χ0n) is 18.2. The molecule has 1 amide bonds. The zero-order valence-corrected chi connectivity index (χ0v) is 18.2. The minimum Gasteiger partial charge on any atom is -0.497 e. The normalized spacial score (nSPS) is 10.5. The van der Waals surface area contributed by atoms with Gasteiger partial charge in [-0.1, -0.05) is 30.3 Å². The van der Waals surface area contributed by atoms with E-state index in [9.17, 15) is 18.0 Å². The van der Waals surface area contributed by atoms with Crippen LogP contribution in [0.3, 0.4) is 0 Å². The SMILES string of the molecule is COc1ccc(-c2ccc(C(F)(F)F)cc2NC(C)=O)cc1.COc1ccc(B(O)O)cc1. The Morgan fingerprint density at radius 3 is 1.82 bits per heavy atom. The van der Waals surface area contributed by atoms with Crippen LogP contribution >= 0.6 is 0 Å². The van der Waals surface area contributed by atoms with Crippen molar-refractivity contribution in [1.29, 1.82) is 0 Å². The third-order valence-corrected chi connectivity index (χ3v) is 4.47. The fraction of sp³-hybridized carbons (Fsp3) is 0.174. The Morgan fingerprint density at radius 1 is 0.879 bits per heavy atom. The Kier molecular flexibility index (Phi) is 8.89. The third kappa shape index (κ3) is 7.55. The van der Waals surface area contributed by atoms with Gasteiger partial charge in [-0.3, -0.25) is 4.79 Å². The molecule has 3 rings (SSSR count). The summed E-state index contributed by atoms with van der Waals surface area (Å²) in [5, 5.41) is 19.8. The lowest BCUT2D eigenvalue weighted by Crippen LogP contribution is -2.29. The lowest BCUT2D eigenvalue weighted by Gasteiger charge is -2.14. The summed E-state index contributed by atoms with van der Waals surface area (Å²) in [6.45, 7) is 1.25. The van der Waals surface area contributed by atoms with E-state index >= 15 is 0 Å². The zero-order chi connectivity index (χ0) is 24.6. The van der Waals surface area contributed by atoms with Gasteiger partial charge in [-0.05, 0) is 47.4 Å². The summed E-state index contributed by atoms with van der Waals surface area (Å²) in [6, 6.07) is 16.6. The summed E-state index contributed by atoms with van der Waals surface area (Å²) in [6.07, 6.45) is -4.47. The lowest BCUT2D eigenvalue weighted by atomic mass is 9.80. The maximum Gasteiger partial charge on any atom is 0.488 e. The standard InChI is InChI=1S/C16H14F3NO2.C7H9BO3/c1-10(21)20-15-9-12(16(17,18)19)5-8-14(15)11-3-6-13(22-2)7-4-11;1-11-7-4-2-6(3-5-7)8(9)10/h3-9H,1-2H3,(H,20,21);2-5,9-10H,1H3. The first-order chi connectivity index (χ1) is 15.5. The van der Waals surface area contributed by atoms with E-state index in [1.54, 1.807) is 55.6 Å². The molecule has 10 heteroatoms. The number of amides is 1. The van der Waals surface area contributed by atoms with E-state index < -0.39 is 24.8 Å². The fourth-order valence-electron chi connectivity index (χ4n) is 2.81. The maximum absolute atomic E-state index is 12.8. The molecular weight excluding hydrogens is 438 g/mol. The van der Waals surface area contributed by atoms with Crippen LogP contribution in [-0.4, -0.2) is 37.3 Å². The Balaban J connectivity index is 0.000000294. The molecule has 0 aliphatic carbocycles. The molecular formula is C23H23BF3NO5. The molecule has 174 valence electrons. The van der Waals surface area contributed by atoms with Gasteiger partial charge in [0.25, 0.3) is 0 Å². The van der Waals surface area contributed by atoms with Gasteiger partial charge < -0.3 is 24.8 Å². The van der Waals surface area contributed by atoms with Crippen molar-refractivity contribution < 1.29 is 37.5 Å². The number of carbonyl (C=O) groups excluding carboxylic acids is 1. The van der Waals surface area contributed by atoms with E-state index in [-0.39, 0.29) is 5.69 Å². The van der Waals surface area contributed by atoms with Gasteiger partial charge >= 0.3 is 13.3 Å². The van der Waals surface area contributed by atoms with Crippen molar-refractivity contribution in [3.8, 4) is 22.6 Å². The third-order valence-electron chi connectivity index (χ3n) is 4.47. The highest BCUT2D eigenvalue weighted by Crippen LogP contribution is 2.36. The molecule has 0 aliphatic heterocycles. The molecule has 3 N–H and O–H groups in total. The first kappa shape index (κ1) is 25.8. The van der Waals surface area contributed by atoms with Gasteiger partial charge in [0.05, 0.1) is 19.8 Å². The number of ether oxygens (including phenoxy) is 2. The molecule has 0 aliphatic rings. The molecule has 0 fully saturated rings. The molecule has 33 heavy (non-hydrogen) atoms. The van der Waals surface area contributed by atoms with Crippen LogP contribution in [0.5, 0.6) is 11.5 Å². The number of methoxy groups -OCH3 is 2. The predicted octanol–water partition coefficient (Wildman–Crippen LogP) is 3.71. The highest BCUT2D eigenvalue weighted by molar-refractivity contribution is 6.58. The number of anilines is 1. The first-order valence-electron chi connectivity index (χ1n) is 9.68. The molecule has 0 saturated heterocycles. The van der Waals surface area contributed by atoms with Gasteiger partial charge in [0.15, 0.2) is 0 Å². The summed E-state index contributed by atoms with van der Waals surface area (Å²) >= 11 is 0. The topological polar surface area (TPSA) is 88.0 Å². The molecule has 6 nitrogen and oxygen atoms in total. The molecule has 0 heterocycles. The second kappa shape index (κ2) is 11.4. The van der Waals surface area contributed by atoms with Crippen LogP contribution in [0.15, 0.2) is 66.7 Å². The van der Waals surface area contributed by atoms with Crippen molar-refractivity contribution in [3.05, 3.63) is 72.3 Å². The number of hydrogen-bond acceptors (Lipinski definition) is 5. The van der Waals surface area contributed by atoms with E-state index in [1.165, 1.54) is 20.1 Å². The van der Waals surface area contributed by atoms with Crippen LogP contribution < -0.4 is 20.3 Å². The Bertz CT molecular complexity index is 1060. The van der Waals surface area contributed by atoms with Gasteiger partial charge in [0.1, 0.15) is 11.5 Å². The van der Waals surface area contributed by atoms with Crippen LogP contribution in [0.2, 0.25) is 0 Å². The fourth-order valence-corrected chi connectivity index (χ4v) is 2.81. The monoisotopic (exact) mass is 461 g/mol. The minimum atomic E-state index is -4.47. The van der Waals surface area contributed by atoms with Crippen LogP contribution in [0, 0.1) is 0 Å². The summed E-state index contributed by atoms with van der Waals surface area (Å²) in [5.41, 5.74) is 0.955. The summed E-state index contributed by atoms with van der Waals surface area (Å²) in [4.78, 5) is 11.2. The van der Waals surface area contributed by atoms with Gasteiger partial charge in [-0.2, -0.15) is 13.2 Å². The average Bonchev–Trinajstić information content (AvgIpc) is 2.78. The minimum absolute atomic E-state index is 0.118. The highest BCUT2D eigenvalue weighted by Gasteiger charge is 2.31. The van der Waals surface area contributed by atoms with Gasteiger partial charge in [0.2, 0.25) is 5.91 Å². The predicted molar refractivity (Wildman–Crippen MR) is 121 cm³/mol. The number of halogens is 3. The second-order valence-electron chi connectivity index (χ2n) is 6.81. The van der Waals surface area contributed by atoms with Crippen LogP contribution in [0.4, 0.5) is 18.9 Å². The molecule has 0 atom stereocenters. The molecule has 0 spiro atoms. The van der Waals surface area contributed by atoms with E-state index in [0.717, 1.165) is 12.1 Å². The van der Waals surface area contributed by atoms with Crippen molar-refractivity contribution in [2.24, 2.45) is 0 Å². The van der Waals surface area contributed by atoms with E-state index in [1.807, 2.05) is 0 Å². The molecule has 0 aromatic heterocycles. The largest absolute Gasteiger partial charge is 0.497 e. The number of benzene rings is 3. The summed E-state index contributed by atoms with van der Waals surface area (Å²) < 4.78 is 48.4. The summed E-state index contributed by atoms with van der Waals surface area (Å²) in [7, 11) is 1.68. The highest BCUT2D eigenvalue weighted by atomic mass is 19.4. The number of rotatable bonds is 5. The van der Waals surface area contributed by atoms with Crippen molar-refractivity contribution in [2.45, 2.75) is 13.1 Å². The smallest absolute Gasteiger partial charge is 0.488 e. The van der Waals surface area contributed by atoms with Crippen LogP contribution in [0.25, 0.3) is 11.1 Å². The molecule has 0 saturated carbocycles. The lowest BCUT2D eigenvalue weighted by molar-refractivity contribution is -0.137. The Morgan fingerprint density at radius 2 is 1.39 bits per heavy atom. The molecule has 3 aromatic carbocycles. The Labute approximate surface area is 189 Å². The van der Waals surface area contributed by atoms with E-state index in [4.69, 9.17) is 19.5 Å². The average molecular weight is 461 g/mol. The maximum atomic E-state index is 12.8. The number of hydrogen-bond donors (Lipinski definition) is 3. The Hall–Kier alpha value is -3.50. The van der Waals surface area contributed by atoms with Crippen molar-refractivity contribution >= 4 is 24.2 Å². The molecule has 0 bridgehead atoms. The van der Waals surface area contributed by atoms with Gasteiger partial charge in [0, 0.05) is 18.2 Å². The molecule has 3 aromatic rings. The van der Waals surface area contributed by atoms with Crippen molar-refractivity contribution in [3.63, 3.8) is 0 Å². The number of alkyl halides is 3. The quantitative estimate of drug-likeness (QED) is 0.505. The van der Waals surface area contributed by atoms with Gasteiger partial charge in [-0.15, -0.1) is 0 Å². The van der Waals surface area contributed by atoms with Crippen LogP contribution in [0.1, 0.15) is 12.5 Å². The number of nitrogens with one attached hydrogen (secondary N) is 1. The molecule has 0 unspecified atom stereocenters. The molecule has 0 radical (unpaired) electrons. The van der Waals surface area contributed by atoms with Crippen molar-refractivity contribution in [2.75, 3.05) is 19.5 Å². The van der Waals surface area contributed by atoms with Crippen molar-refractivity contribution in [1.82, 2.24) is 0 Å². The van der Waals surface area contributed by atoms with E-state index in [2.05, 4.69) is 5.32 Å². The van der Waals surface area contributed by atoms with Crippen LogP contribution in [-0.2, 0) is 11.0 Å². The van der Waals surface area contributed by atoms with E-state index in [0.29, 0.717) is 28.1 Å². The summed E-state index contributed by atoms with van der Waals surface area (Å²) in [5.74, 6) is 0.903.